The standard InChI is InChI=1S/C53H92O6/c1-4-7-10-13-16-19-21-23-25-26-28-29-31-34-37-40-43-46-52(55)58-49-50(48-57-51(54)45-42-39-36-33-18-15-12-9-6-3)59-53(56)47-44-41-38-35-32-30-27-24-22-20-17-14-11-8-5-2/h7,10,16-17,19-20,23-25,27,50H,4-6,8-9,11-15,18,21-22,26,28-49H2,1-3H3/b10-7-,19-16-,20-17-,25-23-,27-24-. The van der Waals surface area contributed by atoms with Gasteiger partial charge >= 0.3 is 17.9 Å². The van der Waals surface area contributed by atoms with Crippen LogP contribution in [-0.2, 0) is 28.6 Å². The molecule has 0 aromatic heterocycles. The topological polar surface area (TPSA) is 78.9 Å². The smallest absolute Gasteiger partial charge is 0.306 e. The molecule has 0 spiro atoms. The van der Waals surface area contributed by atoms with Gasteiger partial charge in [-0.15, -0.1) is 0 Å². The van der Waals surface area contributed by atoms with Crippen molar-refractivity contribution < 1.29 is 28.6 Å². The predicted octanol–water partition coefficient (Wildman–Crippen LogP) is 16.1. The molecule has 0 aliphatic carbocycles. The lowest BCUT2D eigenvalue weighted by Gasteiger charge is -2.18. The molecule has 0 N–H and O–H groups in total. The minimum atomic E-state index is -0.782. The van der Waals surface area contributed by atoms with E-state index in [1.807, 2.05) is 0 Å². The number of carbonyl (C=O) groups excluding carboxylic acids is 3. The van der Waals surface area contributed by atoms with Gasteiger partial charge in [-0.2, -0.15) is 0 Å². The van der Waals surface area contributed by atoms with Crippen LogP contribution in [0.1, 0.15) is 239 Å². The number of allylic oxidation sites excluding steroid dienone is 10. The maximum Gasteiger partial charge on any atom is 0.306 e. The fourth-order valence-electron chi connectivity index (χ4n) is 6.78. The van der Waals surface area contributed by atoms with E-state index in [9.17, 15) is 14.4 Å². The Bertz CT molecular complexity index is 1090. The van der Waals surface area contributed by atoms with E-state index in [1.54, 1.807) is 0 Å². The van der Waals surface area contributed by atoms with Crippen molar-refractivity contribution in [2.24, 2.45) is 0 Å². The number of esters is 3. The van der Waals surface area contributed by atoms with Crippen LogP contribution in [-0.4, -0.2) is 37.2 Å². The number of unbranched alkanes of at least 4 members (excludes halogenated alkanes) is 23. The molecule has 0 rings (SSSR count). The summed E-state index contributed by atoms with van der Waals surface area (Å²) in [6.07, 6.45) is 57.7. The van der Waals surface area contributed by atoms with Gasteiger partial charge in [-0.25, -0.2) is 0 Å². The molecule has 1 unspecified atom stereocenters. The Balaban J connectivity index is 4.37. The second kappa shape index (κ2) is 47.8. The van der Waals surface area contributed by atoms with Gasteiger partial charge in [-0.05, 0) is 83.5 Å². The highest BCUT2D eigenvalue weighted by molar-refractivity contribution is 5.71. The summed E-state index contributed by atoms with van der Waals surface area (Å²) in [5.74, 6) is -0.907. The van der Waals surface area contributed by atoms with E-state index in [2.05, 4.69) is 81.5 Å². The zero-order valence-electron chi connectivity index (χ0n) is 38.8. The van der Waals surface area contributed by atoms with E-state index in [1.165, 1.54) is 89.9 Å². The highest BCUT2D eigenvalue weighted by Crippen LogP contribution is 2.14. The molecule has 0 radical (unpaired) electrons. The van der Waals surface area contributed by atoms with E-state index >= 15 is 0 Å². The summed E-state index contributed by atoms with van der Waals surface area (Å²) in [6.45, 7) is 6.46. The summed E-state index contributed by atoms with van der Waals surface area (Å²) in [4.78, 5) is 37.8. The van der Waals surface area contributed by atoms with Gasteiger partial charge in [0.15, 0.2) is 6.10 Å². The third-order valence-corrected chi connectivity index (χ3v) is 10.5. The average molecular weight is 825 g/mol. The van der Waals surface area contributed by atoms with E-state index in [0.29, 0.717) is 19.3 Å². The van der Waals surface area contributed by atoms with E-state index in [0.717, 1.165) is 109 Å². The Hall–Kier alpha value is -2.89. The fourth-order valence-corrected chi connectivity index (χ4v) is 6.78. The zero-order valence-corrected chi connectivity index (χ0v) is 38.8. The number of hydrogen-bond acceptors (Lipinski definition) is 6. The minimum absolute atomic E-state index is 0.0821. The molecule has 0 aliphatic heterocycles. The highest BCUT2D eigenvalue weighted by Gasteiger charge is 2.19. The Morgan fingerprint density at radius 3 is 1.07 bits per heavy atom. The van der Waals surface area contributed by atoms with Crippen molar-refractivity contribution in [3.05, 3.63) is 60.8 Å². The molecule has 0 heterocycles. The van der Waals surface area contributed by atoms with Gasteiger partial charge in [0.1, 0.15) is 13.2 Å². The number of ether oxygens (including phenoxy) is 3. The summed E-state index contributed by atoms with van der Waals surface area (Å²) in [5.41, 5.74) is 0. The molecule has 0 aromatic carbocycles. The molecule has 59 heavy (non-hydrogen) atoms. The number of carbonyl (C=O) groups is 3. The monoisotopic (exact) mass is 825 g/mol. The van der Waals surface area contributed by atoms with Gasteiger partial charge in [0, 0.05) is 19.3 Å². The zero-order chi connectivity index (χ0) is 43.0. The molecule has 0 fully saturated rings. The van der Waals surface area contributed by atoms with Crippen LogP contribution < -0.4 is 0 Å². The molecular formula is C53H92O6. The van der Waals surface area contributed by atoms with Crippen LogP contribution in [0.4, 0.5) is 0 Å². The first-order valence-corrected chi connectivity index (χ1v) is 24.8. The normalized spacial score (nSPS) is 12.5. The third kappa shape index (κ3) is 46.0. The fraction of sp³-hybridized carbons (Fsp3) is 0.755. The first-order valence-electron chi connectivity index (χ1n) is 24.8. The largest absolute Gasteiger partial charge is 0.462 e. The molecule has 340 valence electrons. The summed E-state index contributed by atoms with van der Waals surface area (Å²) in [5, 5.41) is 0. The Morgan fingerprint density at radius 1 is 0.356 bits per heavy atom. The van der Waals surface area contributed by atoms with Crippen LogP contribution in [0.15, 0.2) is 60.8 Å². The molecule has 1 atom stereocenters. The van der Waals surface area contributed by atoms with Crippen molar-refractivity contribution in [3.63, 3.8) is 0 Å². The summed E-state index contributed by atoms with van der Waals surface area (Å²) in [7, 11) is 0. The summed E-state index contributed by atoms with van der Waals surface area (Å²) in [6, 6.07) is 0. The molecule has 0 amide bonds. The highest BCUT2D eigenvalue weighted by atomic mass is 16.6. The quantitative estimate of drug-likeness (QED) is 0.0263. The van der Waals surface area contributed by atoms with Crippen molar-refractivity contribution in [1.29, 1.82) is 0 Å². The van der Waals surface area contributed by atoms with Gasteiger partial charge in [0.25, 0.3) is 0 Å². The lowest BCUT2D eigenvalue weighted by Crippen LogP contribution is -2.30. The van der Waals surface area contributed by atoms with Crippen LogP contribution >= 0.6 is 0 Å². The van der Waals surface area contributed by atoms with Gasteiger partial charge < -0.3 is 14.2 Å². The molecule has 6 nitrogen and oxygen atoms in total. The third-order valence-electron chi connectivity index (χ3n) is 10.5. The lowest BCUT2D eigenvalue weighted by molar-refractivity contribution is -0.167. The molecular weight excluding hydrogens is 733 g/mol. The molecule has 0 aliphatic rings. The molecule has 0 bridgehead atoms. The van der Waals surface area contributed by atoms with Gasteiger partial charge in [-0.3, -0.25) is 14.4 Å². The van der Waals surface area contributed by atoms with Crippen LogP contribution in [0, 0.1) is 0 Å². The first kappa shape index (κ1) is 56.1. The Kier molecular flexibility index (Phi) is 45.4. The van der Waals surface area contributed by atoms with Crippen LogP contribution in [0.3, 0.4) is 0 Å². The van der Waals surface area contributed by atoms with Crippen molar-refractivity contribution in [2.75, 3.05) is 13.2 Å². The molecule has 0 saturated heterocycles. The van der Waals surface area contributed by atoms with Gasteiger partial charge in [-0.1, -0.05) is 197 Å². The van der Waals surface area contributed by atoms with E-state index in [-0.39, 0.29) is 31.1 Å². The second-order valence-corrected chi connectivity index (χ2v) is 16.3. The molecule has 0 saturated carbocycles. The average Bonchev–Trinajstić information content (AvgIpc) is 3.23. The maximum atomic E-state index is 12.8. The second-order valence-electron chi connectivity index (χ2n) is 16.3. The molecule has 0 aromatic rings. The first-order chi connectivity index (χ1) is 29.0. The minimum Gasteiger partial charge on any atom is -0.462 e. The van der Waals surface area contributed by atoms with Gasteiger partial charge in [0.2, 0.25) is 0 Å². The lowest BCUT2D eigenvalue weighted by atomic mass is 10.1. The van der Waals surface area contributed by atoms with Gasteiger partial charge in [0.05, 0.1) is 0 Å². The van der Waals surface area contributed by atoms with E-state index in [4.69, 9.17) is 14.2 Å². The van der Waals surface area contributed by atoms with Crippen molar-refractivity contribution in [2.45, 2.75) is 245 Å². The van der Waals surface area contributed by atoms with E-state index < -0.39 is 6.10 Å². The summed E-state index contributed by atoms with van der Waals surface area (Å²) >= 11 is 0. The van der Waals surface area contributed by atoms with Crippen LogP contribution in [0.5, 0.6) is 0 Å². The molecule has 6 heteroatoms. The van der Waals surface area contributed by atoms with Crippen LogP contribution in [0.2, 0.25) is 0 Å². The number of rotatable bonds is 44. The maximum absolute atomic E-state index is 12.8. The van der Waals surface area contributed by atoms with Crippen LogP contribution in [0.25, 0.3) is 0 Å². The summed E-state index contributed by atoms with van der Waals surface area (Å²) < 4.78 is 16.7. The Morgan fingerprint density at radius 2 is 0.661 bits per heavy atom. The van der Waals surface area contributed by atoms with Crippen molar-refractivity contribution >= 4 is 17.9 Å². The van der Waals surface area contributed by atoms with Crippen molar-refractivity contribution in [3.8, 4) is 0 Å². The predicted molar refractivity (Wildman–Crippen MR) is 251 cm³/mol. The van der Waals surface area contributed by atoms with Crippen molar-refractivity contribution in [1.82, 2.24) is 0 Å². The Labute approximate surface area is 364 Å². The number of hydrogen-bond donors (Lipinski definition) is 0. The SMILES string of the molecule is CC/C=C\C/C=C\C/C=C\CCCCCCCCCC(=O)OCC(COC(=O)CCCCCCCCCCC)OC(=O)CCCCCCC/C=C\C/C=C\CCCCC.